The number of nitrogens with one attached hydrogen (secondary N) is 2. The van der Waals surface area contributed by atoms with Gasteiger partial charge in [-0.05, 0) is 25.0 Å². The highest BCUT2D eigenvalue weighted by Crippen LogP contribution is 2.20. The molecule has 0 aliphatic carbocycles. The first-order valence-electron chi connectivity index (χ1n) is 8.81. The van der Waals surface area contributed by atoms with Gasteiger partial charge in [-0.2, -0.15) is 0 Å². The molecule has 1 unspecified atom stereocenters. The van der Waals surface area contributed by atoms with Gasteiger partial charge < -0.3 is 20.4 Å². The lowest BCUT2D eigenvalue weighted by Crippen LogP contribution is -2.44. The van der Waals surface area contributed by atoms with Gasteiger partial charge in [0.05, 0.1) is 6.04 Å². The summed E-state index contributed by atoms with van der Waals surface area (Å²) in [7, 11) is 0. The first-order chi connectivity index (χ1) is 12.1. The van der Waals surface area contributed by atoms with Gasteiger partial charge in [0, 0.05) is 44.7 Å². The van der Waals surface area contributed by atoms with E-state index in [0.717, 1.165) is 31.6 Å². The Balaban J connectivity index is 1.40. The number of carbonyl (C=O) groups excluding carboxylic acids is 3. The predicted octanol–water partition coefficient (Wildman–Crippen LogP) is 1.10. The lowest BCUT2D eigenvalue weighted by Gasteiger charge is -2.18. The van der Waals surface area contributed by atoms with E-state index in [1.54, 1.807) is 4.90 Å². The molecule has 0 spiro atoms. The van der Waals surface area contributed by atoms with E-state index >= 15 is 0 Å². The Bertz CT molecular complexity index is 628. The van der Waals surface area contributed by atoms with Crippen LogP contribution in [0.5, 0.6) is 0 Å². The van der Waals surface area contributed by atoms with Crippen LogP contribution in [-0.2, 0) is 9.59 Å². The number of para-hydroxylation sites is 1. The average Bonchev–Trinajstić information content (AvgIpc) is 3.25. The summed E-state index contributed by atoms with van der Waals surface area (Å²) in [6, 6.07) is 8.87. The molecular weight excluding hydrogens is 320 g/mol. The van der Waals surface area contributed by atoms with Gasteiger partial charge >= 0.3 is 6.03 Å². The molecule has 0 radical (unpaired) electrons. The van der Waals surface area contributed by atoms with Gasteiger partial charge in [-0.25, -0.2) is 4.79 Å². The van der Waals surface area contributed by atoms with Crippen LogP contribution < -0.4 is 15.5 Å². The lowest BCUT2D eigenvalue weighted by molar-refractivity contribution is -0.130. The molecule has 134 valence electrons. The van der Waals surface area contributed by atoms with E-state index in [1.165, 1.54) is 0 Å². The number of carbonyl (C=O) groups is 3. The van der Waals surface area contributed by atoms with Crippen molar-refractivity contribution in [3.63, 3.8) is 0 Å². The Morgan fingerprint density at radius 2 is 1.84 bits per heavy atom. The molecule has 2 aliphatic rings. The summed E-state index contributed by atoms with van der Waals surface area (Å²) >= 11 is 0. The predicted molar refractivity (Wildman–Crippen MR) is 94.2 cm³/mol. The average molecular weight is 344 g/mol. The summed E-state index contributed by atoms with van der Waals surface area (Å²) in [4.78, 5) is 39.5. The number of hydrogen-bond donors (Lipinski definition) is 2. The van der Waals surface area contributed by atoms with Crippen molar-refractivity contribution in [3.05, 3.63) is 30.3 Å². The number of urea groups is 1. The SMILES string of the molecule is O=C(NCCC(=O)N1CCCC1)NC1CC(=O)N(c2ccccc2)C1. The van der Waals surface area contributed by atoms with Crippen LogP contribution in [0, 0.1) is 0 Å². The Kier molecular flexibility index (Phi) is 5.53. The van der Waals surface area contributed by atoms with Crippen molar-refractivity contribution in [2.45, 2.75) is 31.7 Å². The van der Waals surface area contributed by atoms with Crippen LogP contribution in [0.1, 0.15) is 25.7 Å². The van der Waals surface area contributed by atoms with Gasteiger partial charge in [-0.1, -0.05) is 18.2 Å². The third kappa shape index (κ3) is 4.49. The van der Waals surface area contributed by atoms with Crippen molar-refractivity contribution >= 4 is 23.5 Å². The minimum atomic E-state index is -0.332. The molecule has 7 heteroatoms. The number of amides is 4. The van der Waals surface area contributed by atoms with E-state index in [1.807, 2.05) is 35.2 Å². The molecule has 0 saturated carbocycles. The van der Waals surface area contributed by atoms with Crippen LogP contribution in [0.15, 0.2) is 30.3 Å². The summed E-state index contributed by atoms with van der Waals surface area (Å²) in [5.41, 5.74) is 0.841. The second kappa shape index (κ2) is 8.00. The molecule has 1 atom stereocenters. The number of nitrogens with zero attached hydrogens (tertiary/aromatic N) is 2. The van der Waals surface area contributed by atoms with E-state index in [-0.39, 0.29) is 30.3 Å². The standard InChI is InChI=1S/C18H24N4O3/c23-16(21-10-4-5-11-21)8-9-19-18(25)20-14-12-17(24)22(13-14)15-6-2-1-3-7-15/h1-3,6-7,14H,4-5,8-13H2,(H2,19,20,25). The monoisotopic (exact) mass is 344 g/mol. The minimum Gasteiger partial charge on any atom is -0.343 e. The second-order valence-corrected chi connectivity index (χ2v) is 6.48. The van der Waals surface area contributed by atoms with Crippen LogP contribution in [0.2, 0.25) is 0 Å². The molecule has 0 bridgehead atoms. The number of anilines is 1. The van der Waals surface area contributed by atoms with Crippen LogP contribution in [0.25, 0.3) is 0 Å². The van der Waals surface area contributed by atoms with Crippen molar-refractivity contribution in [1.29, 1.82) is 0 Å². The summed E-state index contributed by atoms with van der Waals surface area (Å²) in [5, 5.41) is 5.52. The molecule has 2 aliphatic heterocycles. The molecule has 2 saturated heterocycles. The Labute approximate surface area is 147 Å². The Morgan fingerprint density at radius 3 is 2.56 bits per heavy atom. The molecule has 0 aromatic heterocycles. The molecule has 2 N–H and O–H groups in total. The summed E-state index contributed by atoms with van der Waals surface area (Å²) in [5.74, 6) is 0.0878. The van der Waals surface area contributed by atoms with Crippen LogP contribution in [0.4, 0.5) is 10.5 Å². The second-order valence-electron chi connectivity index (χ2n) is 6.48. The highest BCUT2D eigenvalue weighted by Gasteiger charge is 2.31. The zero-order valence-corrected chi connectivity index (χ0v) is 14.2. The molecule has 3 rings (SSSR count). The quantitative estimate of drug-likeness (QED) is 0.839. The van der Waals surface area contributed by atoms with Crippen LogP contribution >= 0.6 is 0 Å². The van der Waals surface area contributed by atoms with Crippen molar-refractivity contribution in [2.24, 2.45) is 0 Å². The van der Waals surface area contributed by atoms with Gasteiger partial charge in [0.25, 0.3) is 0 Å². The van der Waals surface area contributed by atoms with E-state index < -0.39 is 0 Å². The molecule has 25 heavy (non-hydrogen) atoms. The highest BCUT2D eigenvalue weighted by atomic mass is 16.2. The smallest absolute Gasteiger partial charge is 0.315 e. The van der Waals surface area contributed by atoms with Crippen LogP contribution in [-0.4, -0.2) is 55.0 Å². The Morgan fingerprint density at radius 1 is 1.12 bits per heavy atom. The van der Waals surface area contributed by atoms with E-state index in [9.17, 15) is 14.4 Å². The van der Waals surface area contributed by atoms with Gasteiger partial charge in [-0.15, -0.1) is 0 Å². The molecule has 2 fully saturated rings. The third-order valence-electron chi connectivity index (χ3n) is 4.61. The molecule has 1 aromatic carbocycles. The van der Waals surface area contributed by atoms with Crippen molar-refractivity contribution in [1.82, 2.24) is 15.5 Å². The zero-order valence-electron chi connectivity index (χ0n) is 14.2. The van der Waals surface area contributed by atoms with E-state index in [0.29, 0.717) is 19.5 Å². The number of benzene rings is 1. The topological polar surface area (TPSA) is 81.8 Å². The van der Waals surface area contributed by atoms with Gasteiger partial charge in [0.15, 0.2) is 0 Å². The summed E-state index contributed by atoms with van der Waals surface area (Å²) in [6.45, 7) is 2.42. The first-order valence-corrected chi connectivity index (χ1v) is 8.81. The van der Waals surface area contributed by atoms with Gasteiger partial charge in [-0.3, -0.25) is 9.59 Å². The maximum absolute atomic E-state index is 12.1. The third-order valence-corrected chi connectivity index (χ3v) is 4.61. The minimum absolute atomic E-state index is 0.000658. The number of rotatable bonds is 5. The number of likely N-dealkylation sites (tertiary alicyclic amines) is 1. The zero-order chi connectivity index (χ0) is 17.6. The maximum Gasteiger partial charge on any atom is 0.315 e. The summed E-state index contributed by atoms with van der Waals surface area (Å²) < 4.78 is 0. The maximum atomic E-state index is 12.1. The molecule has 1 aromatic rings. The van der Waals surface area contributed by atoms with Crippen molar-refractivity contribution in [3.8, 4) is 0 Å². The largest absolute Gasteiger partial charge is 0.343 e. The molecular formula is C18H24N4O3. The van der Waals surface area contributed by atoms with E-state index in [2.05, 4.69) is 10.6 Å². The summed E-state index contributed by atoms with van der Waals surface area (Å²) in [6.07, 6.45) is 2.72. The molecule has 7 nitrogen and oxygen atoms in total. The van der Waals surface area contributed by atoms with Crippen molar-refractivity contribution in [2.75, 3.05) is 31.1 Å². The Hall–Kier alpha value is -2.57. The van der Waals surface area contributed by atoms with Crippen LogP contribution in [0.3, 0.4) is 0 Å². The number of hydrogen-bond acceptors (Lipinski definition) is 3. The van der Waals surface area contributed by atoms with Gasteiger partial charge in [0.2, 0.25) is 11.8 Å². The fourth-order valence-corrected chi connectivity index (χ4v) is 3.31. The first kappa shape index (κ1) is 17.3. The highest BCUT2D eigenvalue weighted by molar-refractivity contribution is 5.96. The fourth-order valence-electron chi connectivity index (χ4n) is 3.31. The molecule has 4 amide bonds. The molecule has 2 heterocycles. The van der Waals surface area contributed by atoms with Gasteiger partial charge in [0.1, 0.15) is 0 Å². The lowest BCUT2D eigenvalue weighted by atomic mass is 10.2. The van der Waals surface area contributed by atoms with Crippen molar-refractivity contribution < 1.29 is 14.4 Å². The fraction of sp³-hybridized carbons (Fsp3) is 0.500. The van der Waals surface area contributed by atoms with E-state index in [4.69, 9.17) is 0 Å². The normalized spacial score (nSPS) is 20.0.